The topological polar surface area (TPSA) is 85.2 Å². The lowest BCUT2D eigenvalue weighted by Gasteiger charge is -2.14. The van der Waals surface area contributed by atoms with Crippen molar-refractivity contribution in [3.63, 3.8) is 0 Å². The van der Waals surface area contributed by atoms with Gasteiger partial charge in [0.05, 0.1) is 27.6 Å². The zero-order valence-corrected chi connectivity index (χ0v) is 20.2. The van der Waals surface area contributed by atoms with Crippen LogP contribution in [0.25, 0.3) is 11.3 Å². The van der Waals surface area contributed by atoms with E-state index in [0.29, 0.717) is 35.1 Å². The van der Waals surface area contributed by atoms with Crippen molar-refractivity contribution in [1.29, 1.82) is 0 Å². The molecule has 3 heterocycles. The van der Waals surface area contributed by atoms with Gasteiger partial charge in [-0.25, -0.2) is 27.2 Å². The number of aliphatic imine (C=N–C) groups is 1. The molecule has 0 saturated heterocycles. The Morgan fingerprint density at radius 1 is 0.947 bits per heavy atom. The zero-order chi connectivity index (χ0) is 27.1. The van der Waals surface area contributed by atoms with Crippen LogP contribution in [0.2, 0.25) is 0 Å². The first-order valence-corrected chi connectivity index (χ1v) is 12.9. The highest BCUT2D eigenvalue weighted by Gasteiger charge is 2.32. The Labute approximate surface area is 213 Å². The van der Waals surface area contributed by atoms with Crippen molar-refractivity contribution >= 4 is 21.7 Å². The summed E-state index contributed by atoms with van der Waals surface area (Å²) in [5.41, 5.74) is 0.447. The highest BCUT2D eigenvalue weighted by Crippen LogP contribution is 2.36. The molecule has 6 nitrogen and oxygen atoms in total. The molecule has 0 aliphatic carbocycles. The smallest absolute Gasteiger partial charge is 0.260 e. The minimum Gasteiger partial charge on any atom is -0.260 e. The first-order valence-electron chi connectivity index (χ1n) is 11.2. The summed E-state index contributed by atoms with van der Waals surface area (Å²) in [6.45, 7) is 0. The summed E-state index contributed by atoms with van der Waals surface area (Å²) in [4.78, 5) is 16.4. The van der Waals surface area contributed by atoms with Crippen LogP contribution in [0.15, 0.2) is 70.9 Å². The summed E-state index contributed by atoms with van der Waals surface area (Å²) in [7, 11) is -4.39. The van der Waals surface area contributed by atoms with E-state index in [1.807, 2.05) is 0 Å². The second-order valence-corrected chi connectivity index (χ2v) is 10.5. The Balaban J connectivity index is 1.50. The quantitative estimate of drug-likeness (QED) is 0.293. The van der Waals surface area contributed by atoms with Gasteiger partial charge in [-0.3, -0.25) is 9.98 Å². The van der Waals surface area contributed by atoms with Gasteiger partial charge < -0.3 is 0 Å². The predicted octanol–water partition coefficient (Wildman–Crippen LogP) is 5.66. The van der Waals surface area contributed by atoms with E-state index in [2.05, 4.69) is 19.9 Å². The third-order valence-electron chi connectivity index (χ3n) is 6.02. The number of benzene rings is 2. The van der Waals surface area contributed by atoms with Crippen LogP contribution in [0.1, 0.15) is 28.1 Å². The highest BCUT2D eigenvalue weighted by atomic mass is 32.2. The molecule has 2 aromatic heterocycles. The van der Waals surface area contributed by atoms with Crippen molar-refractivity contribution in [1.82, 2.24) is 15.0 Å². The van der Waals surface area contributed by atoms with Gasteiger partial charge >= 0.3 is 6.18 Å². The maximum Gasteiger partial charge on any atom is 0.416 e. The summed E-state index contributed by atoms with van der Waals surface area (Å²) in [5, 5.41) is 0. The van der Waals surface area contributed by atoms with Crippen LogP contribution in [-0.4, -0.2) is 29.6 Å². The third kappa shape index (κ3) is 4.91. The number of fused-ring (bicyclic) bond motifs is 1. The Bertz CT molecular complexity index is 1690. The molecular formula is C26H17F5N4O2S. The van der Waals surface area contributed by atoms with E-state index in [-0.39, 0.29) is 17.7 Å². The van der Waals surface area contributed by atoms with Gasteiger partial charge in [0.2, 0.25) is 0 Å². The Morgan fingerprint density at radius 3 is 2.55 bits per heavy atom. The zero-order valence-electron chi connectivity index (χ0n) is 19.4. The van der Waals surface area contributed by atoms with Crippen LogP contribution in [0.5, 0.6) is 0 Å². The van der Waals surface area contributed by atoms with Gasteiger partial charge in [0.1, 0.15) is 29.3 Å². The van der Waals surface area contributed by atoms with Gasteiger partial charge in [0.15, 0.2) is 9.84 Å². The normalized spacial score (nSPS) is 13.1. The molecule has 4 aromatic rings. The fourth-order valence-corrected chi connectivity index (χ4v) is 5.55. The monoisotopic (exact) mass is 544 g/mol. The maximum atomic E-state index is 15.5. The number of pyridine rings is 1. The van der Waals surface area contributed by atoms with Crippen LogP contribution < -0.4 is 0 Å². The molecular weight excluding hydrogens is 527 g/mol. The van der Waals surface area contributed by atoms with E-state index < -0.39 is 49.4 Å². The third-order valence-corrected chi connectivity index (χ3v) is 7.69. The Hall–Kier alpha value is -4.06. The van der Waals surface area contributed by atoms with Gasteiger partial charge in [-0.1, -0.05) is 12.1 Å². The molecule has 2 aromatic carbocycles. The summed E-state index contributed by atoms with van der Waals surface area (Å²) < 4.78 is 95.3. The number of alkyl halides is 3. The van der Waals surface area contributed by atoms with Crippen LogP contribution in [-0.2, 0) is 34.6 Å². The molecule has 5 rings (SSSR count). The number of nitrogens with zero attached hydrogens (tertiary/aromatic N) is 4. The molecule has 12 heteroatoms. The maximum absolute atomic E-state index is 15.5. The highest BCUT2D eigenvalue weighted by molar-refractivity contribution is 7.90. The molecule has 0 radical (unpaired) electrons. The number of sulfone groups is 1. The standard InChI is InChI=1S/C26H17F5N4O2S/c27-20-7-6-15(13-38(36,37)17-4-1-3-16(11-17)26(29,30)31)23(28)19(20)12-22-18(5-2-9-32-22)24-25-21(8-10-33-25)34-14-35-24/h1-7,9-11,14H,8,12-13H2. The van der Waals surface area contributed by atoms with Crippen molar-refractivity contribution in [2.45, 2.75) is 29.7 Å². The summed E-state index contributed by atoms with van der Waals surface area (Å²) in [6, 6.07) is 8.37. The van der Waals surface area contributed by atoms with E-state index >= 15 is 4.39 Å². The number of hydrogen-bond acceptors (Lipinski definition) is 6. The SMILES string of the molecule is O=S(=O)(Cc1ccc(F)c(Cc2ncccc2-c2ncnc3c2N=CC3)c1F)c1cccc(C(F)(F)F)c1. The van der Waals surface area contributed by atoms with Gasteiger partial charge in [-0.05, 0) is 36.4 Å². The number of aromatic nitrogens is 3. The molecule has 0 N–H and O–H groups in total. The molecule has 0 spiro atoms. The lowest BCUT2D eigenvalue weighted by molar-refractivity contribution is -0.137. The van der Waals surface area contributed by atoms with E-state index in [1.54, 1.807) is 18.3 Å². The molecule has 0 unspecified atom stereocenters. The second-order valence-electron chi connectivity index (χ2n) is 8.49. The van der Waals surface area contributed by atoms with Crippen LogP contribution in [0, 0.1) is 11.6 Å². The minimum absolute atomic E-state index is 0.270. The Morgan fingerprint density at radius 2 is 1.76 bits per heavy atom. The van der Waals surface area contributed by atoms with Gasteiger partial charge in [-0.2, -0.15) is 13.2 Å². The molecule has 1 aliphatic heterocycles. The lowest BCUT2D eigenvalue weighted by Crippen LogP contribution is -2.11. The van der Waals surface area contributed by atoms with Crippen molar-refractivity contribution < 1.29 is 30.4 Å². The molecule has 38 heavy (non-hydrogen) atoms. The molecule has 0 fully saturated rings. The second kappa shape index (κ2) is 9.67. The van der Waals surface area contributed by atoms with Crippen molar-refractivity contribution in [3.8, 4) is 11.3 Å². The fourth-order valence-electron chi connectivity index (χ4n) is 4.16. The lowest BCUT2D eigenvalue weighted by atomic mass is 9.99. The Kier molecular flexibility index (Phi) is 6.51. The molecule has 194 valence electrons. The van der Waals surface area contributed by atoms with Crippen LogP contribution in [0.3, 0.4) is 0 Å². The van der Waals surface area contributed by atoms with Crippen molar-refractivity contribution in [2.75, 3.05) is 0 Å². The molecule has 0 bridgehead atoms. The summed E-state index contributed by atoms with van der Waals surface area (Å²) >= 11 is 0. The van der Waals surface area contributed by atoms with Gasteiger partial charge in [0, 0.05) is 41.9 Å². The minimum atomic E-state index is -4.75. The average Bonchev–Trinajstić information content (AvgIpc) is 3.37. The number of rotatable bonds is 6. The van der Waals surface area contributed by atoms with E-state index in [0.717, 1.165) is 30.3 Å². The molecule has 0 saturated carbocycles. The molecule has 0 atom stereocenters. The first kappa shape index (κ1) is 25.6. The number of hydrogen-bond donors (Lipinski definition) is 0. The summed E-state index contributed by atoms with van der Waals surface area (Å²) in [6.07, 6.45) is -0.0942. The first-order chi connectivity index (χ1) is 18.0. The summed E-state index contributed by atoms with van der Waals surface area (Å²) in [5.74, 6) is -3.01. The molecule has 0 amide bonds. The van der Waals surface area contributed by atoms with Crippen molar-refractivity contribution in [3.05, 3.63) is 101 Å². The van der Waals surface area contributed by atoms with Crippen LogP contribution >= 0.6 is 0 Å². The van der Waals surface area contributed by atoms with Gasteiger partial charge in [-0.15, -0.1) is 0 Å². The van der Waals surface area contributed by atoms with Crippen LogP contribution in [0.4, 0.5) is 27.6 Å². The fraction of sp³-hybridized carbons (Fsp3) is 0.154. The van der Waals surface area contributed by atoms with E-state index in [1.165, 1.54) is 12.5 Å². The largest absolute Gasteiger partial charge is 0.416 e. The predicted molar refractivity (Wildman–Crippen MR) is 129 cm³/mol. The molecule has 1 aliphatic rings. The average molecular weight is 545 g/mol. The van der Waals surface area contributed by atoms with E-state index in [4.69, 9.17) is 0 Å². The number of halogens is 5. The van der Waals surface area contributed by atoms with Gasteiger partial charge in [0.25, 0.3) is 0 Å². The van der Waals surface area contributed by atoms with E-state index in [9.17, 15) is 26.0 Å². The van der Waals surface area contributed by atoms with Crippen molar-refractivity contribution in [2.24, 2.45) is 4.99 Å².